The van der Waals surface area contributed by atoms with Crippen molar-refractivity contribution in [3.8, 4) is 11.5 Å². The first-order chi connectivity index (χ1) is 15.6. The number of amides is 1. The zero-order valence-corrected chi connectivity index (χ0v) is 17.7. The highest BCUT2D eigenvalue weighted by Gasteiger charge is 2.27. The van der Waals surface area contributed by atoms with Crippen LogP contribution in [0.1, 0.15) is 15.9 Å². The van der Waals surface area contributed by atoms with Gasteiger partial charge in [-0.15, -0.1) is 0 Å². The Balaban J connectivity index is 1.39. The average molecular weight is 451 g/mol. The number of nitrogens with one attached hydrogen (secondary N) is 1. The lowest BCUT2D eigenvalue weighted by Gasteiger charge is -2.36. The summed E-state index contributed by atoms with van der Waals surface area (Å²) < 4.78 is 6.13. The summed E-state index contributed by atoms with van der Waals surface area (Å²) >= 11 is 6.30. The maximum atomic E-state index is 11.5. The maximum Gasteiger partial charge on any atom is 0.277 e. The van der Waals surface area contributed by atoms with Crippen LogP contribution in [-0.2, 0) is 0 Å². The smallest absolute Gasteiger partial charge is 0.277 e. The van der Waals surface area contributed by atoms with E-state index in [1.165, 1.54) is 12.4 Å². The Hall–Kier alpha value is -3.69. The summed E-state index contributed by atoms with van der Waals surface area (Å²) in [6, 6.07) is 13.2. The third kappa shape index (κ3) is 3.83. The number of carbonyl (C=O) groups excluding carboxylic acids is 1. The number of halogens is 1. The van der Waals surface area contributed by atoms with E-state index >= 15 is 0 Å². The second-order valence-corrected chi connectivity index (χ2v) is 7.77. The van der Waals surface area contributed by atoms with Crippen molar-refractivity contribution >= 4 is 35.0 Å². The Morgan fingerprint density at radius 2 is 1.72 bits per heavy atom. The Morgan fingerprint density at radius 3 is 2.47 bits per heavy atom. The van der Waals surface area contributed by atoms with Crippen molar-refractivity contribution in [1.29, 1.82) is 0 Å². The highest BCUT2D eigenvalue weighted by molar-refractivity contribution is 6.31. The second-order valence-electron chi connectivity index (χ2n) is 7.33. The first-order valence-corrected chi connectivity index (χ1v) is 10.4. The number of fused-ring (bicyclic) bond motifs is 2. The number of hydrogen-bond donors (Lipinski definition) is 2. The third-order valence-corrected chi connectivity index (χ3v) is 5.59. The lowest BCUT2D eigenvalue weighted by atomic mass is 10.1. The first-order valence-electron chi connectivity index (χ1n) is 10.0. The van der Waals surface area contributed by atoms with Crippen LogP contribution in [0, 0.1) is 0 Å². The molecule has 0 bridgehead atoms. The molecule has 2 aromatic carbocycles. The fourth-order valence-electron chi connectivity index (χ4n) is 3.72. The Kier molecular flexibility index (Phi) is 5.34. The molecule has 9 nitrogen and oxygen atoms in total. The molecule has 1 aromatic heterocycles. The van der Waals surface area contributed by atoms with Crippen LogP contribution >= 0.6 is 11.6 Å². The number of hydroxylamine groups is 1. The number of amidine groups is 1. The predicted octanol–water partition coefficient (Wildman–Crippen LogP) is 3.26. The van der Waals surface area contributed by atoms with Crippen molar-refractivity contribution in [3.05, 3.63) is 71.0 Å². The van der Waals surface area contributed by atoms with Gasteiger partial charge in [0, 0.05) is 43.6 Å². The van der Waals surface area contributed by atoms with Gasteiger partial charge in [0.05, 0.1) is 11.1 Å². The van der Waals surface area contributed by atoms with E-state index < -0.39 is 5.91 Å². The summed E-state index contributed by atoms with van der Waals surface area (Å²) in [5.41, 5.74) is 3.37. The summed E-state index contributed by atoms with van der Waals surface area (Å²) in [6.07, 6.45) is 2.78. The van der Waals surface area contributed by atoms with Crippen molar-refractivity contribution < 1.29 is 14.7 Å². The number of aliphatic imine (C=N–C) groups is 1. The summed E-state index contributed by atoms with van der Waals surface area (Å²) in [5.74, 6) is 2.10. The minimum Gasteiger partial charge on any atom is -0.454 e. The summed E-state index contributed by atoms with van der Waals surface area (Å²) in [4.78, 5) is 29.1. The van der Waals surface area contributed by atoms with E-state index in [-0.39, 0.29) is 5.56 Å². The van der Waals surface area contributed by atoms with Gasteiger partial charge in [0.2, 0.25) is 5.95 Å². The van der Waals surface area contributed by atoms with Crippen molar-refractivity contribution in [2.45, 2.75) is 0 Å². The SMILES string of the molecule is O=C(NO)c1cnc(N2CCN(C3=Nc4ccccc4Oc4ccc(Cl)cc43)CC2)nc1. The quantitative estimate of drug-likeness (QED) is 0.456. The van der Waals surface area contributed by atoms with Crippen LogP contribution in [0.15, 0.2) is 59.9 Å². The van der Waals surface area contributed by atoms with E-state index in [4.69, 9.17) is 26.5 Å². The number of hydrogen-bond acceptors (Lipinski definition) is 8. The number of ether oxygens (including phenoxy) is 1. The van der Waals surface area contributed by atoms with Crippen LogP contribution in [0.25, 0.3) is 0 Å². The zero-order valence-electron chi connectivity index (χ0n) is 16.9. The van der Waals surface area contributed by atoms with Gasteiger partial charge in [-0.05, 0) is 30.3 Å². The fourth-order valence-corrected chi connectivity index (χ4v) is 3.89. The molecular formula is C22H19ClN6O3. The molecule has 0 saturated carbocycles. The average Bonchev–Trinajstić information content (AvgIpc) is 3.00. The number of aromatic nitrogens is 2. The molecule has 2 N–H and O–H groups in total. The van der Waals surface area contributed by atoms with Gasteiger partial charge in [0.25, 0.3) is 5.91 Å². The number of para-hydroxylation sites is 2. The summed E-state index contributed by atoms with van der Waals surface area (Å²) in [5, 5.41) is 9.34. The van der Waals surface area contributed by atoms with Gasteiger partial charge in [-0.3, -0.25) is 10.0 Å². The van der Waals surface area contributed by atoms with Gasteiger partial charge in [0.1, 0.15) is 17.3 Å². The zero-order chi connectivity index (χ0) is 22.1. The first kappa shape index (κ1) is 20.2. The normalized spacial score (nSPS) is 15.1. The van der Waals surface area contributed by atoms with Crippen LogP contribution < -0.4 is 15.1 Å². The van der Waals surface area contributed by atoms with Crippen molar-refractivity contribution in [2.75, 3.05) is 31.1 Å². The number of anilines is 1. The van der Waals surface area contributed by atoms with E-state index in [1.807, 2.05) is 47.4 Å². The summed E-state index contributed by atoms with van der Waals surface area (Å²) in [6.45, 7) is 2.72. The monoisotopic (exact) mass is 450 g/mol. The number of rotatable bonds is 2. The maximum absolute atomic E-state index is 11.5. The van der Waals surface area contributed by atoms with E-state index in [2.05, 4.69) is 14.9 Å². The Bertz CT molecular complexity index is 1190. The van der Waals surface area contributed by atoms with Gasteiger partial charge in [-0.2, -0.15) is 0 Å². The van der Waals surface area contributed by atoms with Crippen LogP contribution in [0.3, 0.4) is 0 Å². The van der Waals surface area contributed by atoms with Gasteiger partial charge < -0.3 is 14.5 Å². The molecule has 0 aliphatic carbocycles. The molecule has 0 spiro atoms. The molecule has 32 heavy (non-hydrogen) atoms. The number of carbonyl (C=O) groups is 1. The molecule has 2 aliphatic rings. The fraction of sp³-hybridized carbons (Fsp3) is 0.182. The molecule has 0 unspecified atom stereocenters. The molecule has 162 valence electrons. The van der Waals surface area contributed by atoms with Crippen LogP contribution in [-0.4, -0.2) is 58.0 Å². The van der Waals surface area contributed by atoms with Gasteiger partial charge in [-0.1, -0.05) is 23.7 Å². The van der Waals surface area contributed by atoms with E-state index in [1.54, 1.807) is 5.48 Å². The molecule has 10 heteroatoms. The highest BCUT2D eigenvalue weighted by atomic mass is 35.5. The van der Waals surface area contributed by atoms with Crippen molar-refractivity contribution in [2.24, 2.45) is 4.99 Å². The van der Waals surface area contributed by atoms with Gasteiger partial charge in [0.15, 0.2) is 5.75 Å². The van der Waals surface area contributed by atoms with E-state index in [0.717, 1.165) is 17.1 Å². The predicted molar refractivity (Wildman–Crippen MR) is 119 cm³/mol. The third-order valence-electron chi connectivity index (χ3n) is 5.36. The highest BCUT2D eigenvalue weighted by Crippen LogP contribution is 2.39. The lowest BCUT2D eigenvalue weighted by molar-refractivity contribution is 0.0705. The van der Waals surface area contributed by atoms with E-state index in [9.17, 15) is 4.79 Å². The number of nitrogens with zero attached hydrogens (tertiary/aromatic N) is 5. The number of benzene rings is 2. The molecule has 3 heterocycles. The molecule has 0 radical (unpaired) electrons. The molecule has 1 saturated heterocycles. The molecule has 5 rings (SSSR count). The van der Waals surface area contributed by atoms with Gasteiger partial charge >= 0.3 is 0 Å². The van der Waals surface area contributed by atoms with Crippen molar-refractivity contribution in [1.82, 2.24) is 20.3 Å². The Labute approximate surface area is 188 Å². The molecule has 0 atom stereocenters. The van der Waals surface area contributed by atoms with E-state index in [0.29, 0.717) is 48.6 Å². The second kappa shape index (κ2) is 8.45. The molecule has 1 amide bonds. The molecule has 3 aromatic rings. The molecule has 1 fully saturated rings. The van der Waals surface area contributed by atoms with Crippen molar-refractivity contribution in [3.63, 3.8) is 0 Å². The topological polar surface area (TPSA) is 103 Å². The van der Waals surface area contributed by atoms with Crippen LogP contribution in [0.2, 0.25) is 5.02 Å². The minimum atomic E-state index is -0.646. The van der Waals surface area contributed by atoms with Crippen LogP contribution in [0.4, 0.5) is 11.6 Å². The molecule has 2 aliphatic heterocycles. The lowest BCUT2D eigenvalue weighted by Crippen LogP contribution is -2.49. The summed E-state index contributed by atoms with van der Waals surface area (Å²) in [7, 11) is 0. The molecular weight excluding hydrogens is 432 g/mol. The Morgan fingerprint density at radius 1 is 1.00 bits per heavy atom. The number of piperazine rings is 1. The van der Waals surface area contributed by atoms with Gasteiger partial charge in [-0.25, -0.2) is 20.4 Å². The largest absolute Gasteiger partial charge is 0.454 e. The standard InChI is InChI=1S/C22H19ClN6O3/c23-15-5-6-18-16(11-15)20(26-17-3-1-2-4-19(17)32-18)28-7-9-29(10-8-28)22-24-12-14(13-25-22)21(30)27-31/h1-6,11-13,31H,7-10H2,(H,27,30). The van der Waals surface area contributed by atoms with Crippen LogP contribution in [0.5, 0.6) is 11.5 Å². The minimum absolute atomic E-state index is 0.190.